The summed E-state index contributed by atoms with van der Waals surface area (Å²) in [6.07, 6.45) is 0. The average molecular weight is 225 g/mol. The molecule has 0 saturated carbocycles. The molecular formula is C13H12BNO2. The van der Waals surface area contributed by atoms with Gasteiger partial charge in [0.15, 0.2) is 0 Å². The highest BCUT2D eigenvalue weighted by atomic mass is 16.4. The number of hydrogen-bond acceptors (Lipinski definition) is 2. The normalized spacial score (nSPS) is 9.88. The van der Waals surface area contributed by atoms with Crippen LogP contribution in [0.15, 0.2) is 48.5 Å². The van der Waals surface area contributed by atoms with Crippen molar-refractivity contribution in [2.75, 3.05) is 5.23 Å². The molecule has 0 aliphatic rings. The summed E-state index contributed by atoms with van der Waals surface area (Å²) < 4.78 is 0. The van der Waals surface area contributed by atoms with Crippen molar-refractivity contribution < 1.29 is 9.90 Å². The van der Waals surface area contributed by atoms with Gasteiger partial charge in [-0.15, -0.1) is 0 Å². The molecule has 17 heavy (non-hydrogen) atoms. The molecular weight excluding hydrogens is 213 g/mol. The van der Waals surface area contributed by atoms with Gasteiger partial charge in [-0.25, -0.2) is 4.79 Å². The van der Waals surface area contributed by atoms with E-state index in [1.807, 2.05) is 42.5 Å². The molecule has 0 aliphatic heterocycles. The Balaban J connectivity index is 2.49. The molecule has 0 saturated heterocycles. The van der Waals surface area contributed by atoms with Crippen molar-refractivity contribution in [3.05, 3.63) is 54.1 Å². The number of carboxylic acid groups (broad SMARTS) is 1. The summed E-state index contributed by atoms with van der Waals surface area (Å²) in [7, 11) is 1.72. The standard InChI is InChI=1S/C13H12BNO2/c14-15-12-8-10(6-7-11(12)13(16)17)9-4-2-1-3-5-9/h1-8,15H,14H2,(H,16,17). The second-order valence-electron chi connectivity index (χ2n) is 3.68. The summed E-state index contributed by atoms with van der Waals surface area (Å²) in [6, 6.07) is 15.1. The fourth-order valence-electron chi connectivity index (χ4n) is 1.75. The SMILES string of the molecule is BNc1cc(-c2ccccc2)ccc1C(=O)O. The van der Waals surface area contributed by atoms with Gasteiger partial charge in [0.05, 0.1) is 5.56 Å². The second kappa shape index (κ2) is 4.74. The van der Waals surface area contributed by atoms with E-state index in [1.165, 1.54) is 0 Å². The number of benzene rings is 2. The Morgan fingerprint density at radius 3 is 2.35 bits per heavy atom. The zero-order valence-corrected chi connectivity index (χ0v) is 9.47. The quantitative estimate of drug-likeness (QED) is 0.785. The lowest BCUT2D eigenvalue weighted by atomic mass is 10.0. The summed E-state index contributed by atoms with van der Waals surface area (Å²) in [5.41, 5.74) is 2.98. The molecule has 0 bridgehead atoms. The molecule has 2 aromatic rings. The molecule has 4 heteroatoms. The number of hydrogen-bond donors (Lipinski definition) is 2. The van der Waals surface area contributed by atoms with Gasteiger partial charge in [0, 0.05) is 5.69 Å². The monoisotopic (exact) mass is 225 g/mol. The van der Waals surface area contributed by atoms with E-state index < -0.39 is 5.97 Å². The first-order valence-corrected chi connectivity index (χ1v) is 5.33. The molecule has 2 aromatic carbocycles. The number of rotatable bonds is 3. The lowest BCUT2D eigenvalue weighted by molar-refractivity contribution is 0.0698. The van der Waals surface area contributed by atoms with E-state index in [1.54, 1.807) is 14.0 Å². The van der Waals surface area contributed by atoms with Crippen molar-refractivity contribution in [1.29, 1.82) is 0 Å². The van der Waals surface area contributed by atoms with Crippen molar-refractivity contribution >= 4 is 19.6 Å². The predicted molar refractivity (Wildman–Crippen MR) is 71.0 cm³/mol. The Hall–Kier alpha value is -2.23. The number of aromatic carboxylic acids is 1. The predicted octanol–water partition coefficient (Wildman–Crippen LogP) is 2.01. The van der Waals surface area contributed by atoms with Crippen LogP contribution in [0.3, 0.4) is 0 Å². The van der Waals surface area contributed by atoms with Crippen LogP contribution in [0.25, 0.3) is 11.1 Å². The third-order valence-electron chi connectivity index (χ3n) is 2.63. The van der Waals surface area contributed by atoms with E-state index in [0.717, 1.165) is 11.1 Å². The van der Waals surface area contributed by atoms with Gasteiger partial charge in [0.1, 0.15) is 0 Å². The van der Waals surface area contributed by atoms with Crippen LogP contribution in [0.2, 0.25) is 0 Å². The Morgan fingerprint density at radius 2 is 1.76 bits per heavy atom. The number of nitrogens with one attached hydrogen (secondary N) is 1. The minimum absolute atomic E-state index is 0.284. The molecule has 0 aliphatic carbocycles. The topological polar surface area (TPSA) is 49.3 Å². The highest BCUT2D eigenvalue weighted by Crippen LogP contribution is 2.25. The largest absolute Gasteiger partial charge is 0.478 e. The number of anilines is 1. The molecule has 2 rings (SSSR count). The zero-order chi connectivity index (χ0) is 12.3. The lowest BCUT2D eigenvalue weighted by Crippen LogP contribution is -2.03. The van der Waals surface area contributed by atoms with Gasteiger partial charge in [-0.1, -0.05) is 36.4 Å². The maximum Gasteiger partial charge on any atom is 0.337 e. The third kappa shape index (κ3) is 2.31. The van der Waals surface area contributed by atoms with Crippen molar-refractivity contribution in [2.45, 2.75) is 0 Å². The highest BCUT2D eigenvalue weighted by molar-refractivity contribution is 6.17. The first-order chi connectivity index (χ1) is 8.22. The molecule has 0 spiro atoms. The van der Waals surface area contributed by atoms with Crippen LogP contribution in [0, 0.1) is 0 Å². The summed E-state index contributed by atoms with van der Waals surface area (Å²) in [4.78, 5) is 11.0. The van der Waals surface area contributed by atoms with Crippen LogP contribution < -0.4 is 5.23 Å². The molecule has 84 valence electrons. The first-order valence-electron chi connectivity index (χ1n) is 5.33. The molecule has 0 heterocycles. The average Bonchev–Trinajstić information content (AvgIpc) is 2.39. The van der Waals surface area contributed by atoms with E-state index in [0.29, 0.717) is 5.69 Å². The fourth-order valence-corrected chi connectivity index (χ4v) is 1.75. The number of carbonyl (C=O) groups is 1. The highest BCUT2D eigenvalue weighted by Gasteiger charge is 2.09. The van der Waals surface area contributed by atoms with Crippen molar-refractivity contribution in [2.24, 2.45) is 0 Å². The van der Waals surface area contributed by atoms with Crippen LogP contribution in [0.1, 0.15) is 10.4 Å². The summed E-state index contributed by atoms with van der Waals surface area (Å²) in [5, 5.41) is 11.9. The molecule has 0 amide bonds. The smallest absolute Gasteiger partial charge is 0.337 e. The Labute approximate surface area is 101 Å². The summed E-state index contributed by atoms with van der Waals surface area (Å²) in [5.74, 6) is -0.922. The van der Waals surface area contributed by atoms with Gasteiger partial charge < -0.3 is 10.3 Å². The van der Waals surface area contributed by atoms with E-state index >= 15 is 0 Å². The van der Waals surface area contributed by atoms with Crippen LogP contribution >= 0.6 is 0 Å². The maximum absolute atomic E-state index is 11.0. The number of carboxylic acids is 1. The molecule has 2 N–H and O–H groups in total. The molecule has 0 fully saturated rings. The van der Waals surface area contributed by atoms with Crippen molar-refractivity contribution in [1.82, 2.24) is 0 Å². The molecule has 0 aromatic heterocycles. The van der Waals surface area contributed by atoms with Crippen molar-refractivity contribution in [3.63, 3.8) is 0 Å². The van der Waals surface area contributed by atoms with E-state index in [2.05, 4.69) is 5.23 Å². The third-order valence-corrected chi connectivity index (χ3v) is 2.63. The van der Waals surface area contributed by atoms with Gasteiger partial charge in [-0.05, 0) is 23.3 Å². The van der Waals surface area contributed by atoms with Crippen molar-refractivity contribution in [3.8, 4) is 11.1 Å². The van der Waals surface area contributed by atoms with Gasteiger partial charge >= 0.3 is 5.97 Å². The van der Waals surface area contributed by atoms with Crippen LogP contribution in [0.4, 0.5) is 5.69 Å². The first kappa shape index (κ1) is 11.3. The van der Waals surface area contributed by atoms with E-state index in [-0.39, 0.29) is 5.56 Å². The molecule has 0 unspecified atom stereocenters. The van der Waals surface area contributed by atoms with E-state index in [9.17, 15) is 4.79 Å². The summed E-state index contributed by atoms with van der Waals surface area (Å²) >= 11 is 0. The Morgan fingerprint density at radius 1 is 1.06 bits per heavy atom. The van der Waals surface area contributed by atoms with Gasteiger partial charge in [-0.2, -0.15) is 0 Å². The summed E-state index contributed by atoms with van der Waals surface area (Å²) in [6.45, 7) is 0. The van der Waals surface area contributed by atoms with Gasteiger partial charge in [-0.3, -0.25) is 0 Å². The maximum atomic E-state index is 11.0. The Bertz CT molecular complexity index is 540. The van der Waals surface area contributed by atoms with Gasteiger partial charge in [0.2, 0.25) is 7.98 Å². The molecule has 0 atom stereocenters. The minimum atomic E-state index is -0.922. The molecule has 3 nitrogen and oxygen atoms in total. The van der Waals surface area contributed by atoms with Crippen LogP contribution in [-0.2, 0) is 0 Å². The van der Waals surface area contributed by atoms with E-state index in [4.69, 9.17) is 5.11 Å². The molecule has 0 radical (unpaired) electrons. The minimum Gasteiger partial charge on any atom is -0.478 e. The fraction of sp³-hybridized carbons (Fsp3) is 0. The van der Waals surface area contributed by atoms with Crippen LogP contribution in [0.5, 0.6) is 0 Å². The zero-order valence-electron chi connectivity index (χ0n) is 9.47. The van der Waals surface area contributed by atoms with Gasteiger partial charge in [0.25, 0.3) is 0 Å². The second-order valence-corrected chi connectivity index (χ2v) is 3.68. The Kier molecular flexibility index (Phi) is 3.14. The van der Waals surface area contributed by atoms with Crippen LogP contribution in [-0.4, -0.2) is 19.1 Å². The lowest BCUT2D eigenvalue weighted by Gasteiger charge is -2.08.